The summed E-state index contributed by atoms with van der Waals surface area (Å²) in [6.45, 7) is -0.903. The van der Waals surface area contributed by atoms with Gasteiger partial charge in [0.25, 0.3) is 5.91 Å². The minimum absolute atomic E-state index is 0.203. The molecule has 1 aliphatic rings. The largest absolute Gasteiger partial charge is 0.416 e. The fourth-order valence-corrected chi connectivity index (χ4v) is 4.93. The van der Waals surface area contributed by atoms with E-state index in [1.54, 1.807) is 36.3 Å². The van der Waals surface area contributed by atoms with Crippen LogP contribution in [0, 0.1) is 0 Å². The Morgan fingerprint density at radius 3 is 2.62 bits per heavy atom. The van der Waals surface area contributed by atoms with Crippen LogP contribution in [-0.2, 0) is 0 Å². The van der Waals surface area contributed by atoms with Crippen molar-refractivity contribution in [1.29, 1.82) is 0 Å². The monoisotopic (exact) mass is 512 g/mol. The van der Waals surface area contributed by atoms with Gasteiger partial charge < -0.3 is 21.1 Å². The molecule has 1 fully saturated rings. The van der Waals surface area contributed by atoms with Gasteiger partial charge in [-0.1, -0.05) is 11.3 Å². The molecular weight excluding hydrogens is 489 g/mol. The van der Waals surface area contributed by atoms with E-state index in [4.69, 9.17) is 5.11 Å². The smallest absolute Gasteiger partial charge is 0.382 e. The molecule has 1 aromatic carbocycles. The SMILES string of the molecule is CSc1cnc(N[C@H]2CC[C@H](Nc3nc4ccc(C(=O)NCC(O)C(F)(F)F)cc4s3)C2)nc1. The third-order valence-corrected chi connectivity index (χ3v) is 7.07. The number of halogens is 3. The molecule has 1 unspecified atom stereocenters. The van der Waals surface area contributed by atoms with Crippen LogP contribution >= 0.6 is 23.1 Å². The number of alkyl halides is 3. The quantitative estimate of drug-likeness (QED) is 0.336. The number of rotatable bonds is 8. The first-order chi connectivity index (χ1) is 16.2. The molecule has 0 spiro atoms. The maximum atomic E-state index is 12.4. The maximum absolute atomic E-state index is 12.4. The molecule has 3 aromatic rings. The Hall–Kier alpha value is -2.64. The minimum Gasteiger partial charge on any atom is -0.382 e. The summed E-state index contributed by atoms with van der Waals surface area (Å²) in [4.78, 5) is 26.4. The first-order valence-corrected chi connectivity index (χ1v) is 12.6. The number of aromatic nitrogens is 3. The molecular formula is C21H23F3N6O2S2. The Labute approximate surface area is 201 Å². The number of hydrogen-bond acceptors (Lipinski definition) is 9. The maximum Gasteiger partial charge on any atom is 0.416 e. The molecule has 4 rings (SSSR count). The highest BCUT2D eigenvalue weighted by molar-refractivity contribution is 7.98. The molecule has 2 aromatic heterocycles. The third kappa shape index (κ3) is 6.07. The van der Waals surface area contributed by atoms with Gasteiger partial charge in [0.1, 0.15) is 0 Å². The predicted octanol–water partition coefficient (Wildman–Crippen LogP) is 3.91. The van der Waals surface area contributed by atoms with Gasteiger partial charge in [0.05, 0.1) is 16.8 Å². The van der Waals surface area contributed by atoms with Crippen LogP contribution in [0.1, 0.15) is 29.6 Å². The van der Waals surface area contributed by atoms with Crippen LogP contribution in [0.2, 0.25) is 0 Å². The number of aliphatic hydroxyl groups is 1. The number of benzene rings is 1. The Morgan fingerprint density at radius 2 is 1.94 bits per heavy atom. The van der Waals surface area contributed by atoms with E-state index in [2.05, 4.69) is 30.9 Å². The Morgan fingerprint density at radius 1 is 1.24 bits per heavy atom. The van der Waals surface area contributed by atoms with Gasteiger partial charge in [-0.05, 0) is 43.7 Å². The lowest BCUT2D eigenvalue weighted by Gasteiger charge is -2.14. The van der Waals surface area contributed by atoms with Crippen molar-refractivity contribution >= 4 is 50.3 Å². The minimum atomic E-state index is -4.78. The number of carbonyl (C=O) groups is 1. The number of thioether (sulfide) groups is 1. The molecule has 2 heterocycles. The molecule has 4 N–H and O–H groups in total. The first kappa shape index (κ1) is 24.5. The van der Waals surface area contributed by atoms with E-state index in [9.17, 15) is 18.0 Å². The Balaban J connectivity index is 1.33. The number of fused-ring (bicyclic) bond motifs is 1. The van der Waals surface area contributed by atoms with Gasteiger partial charge in [-0.25, -0.2) is 15.0 Å². The number of nitrogens with one attached hydrogen (secondary N) is 3. The van der Waals surface area contributed by atoms with Crippen LogP contribution in [0.5, 0.6) is 0 Å². The molecule has 1 aliphatic carbocycles. The number of aliphatic hydroxyl groups excluding tert-OH is 1. The van der Waals surface area contributed by atoms with Gasteiger partial charge in [-0.2, -0.15) is 13.2 Å². The van der Waals surface area contributed by atoms with E-state index in [1.165, 1.54) is 17.4 Å². The molecule has 3 atom stereocenters. The second-order valence-electron chi connectivity index (χ2n) is 7.91. The second kappa shape index (κ2) is 10.3. The first-order valence-electron chi connectivity index (χ1n) is 10.5. The van der Waals surface area contributed by atoms with Crippen molar-refractivity contribution in [2.45, 2.75) is 48.5 Å². The lowest BCUT2D eigenvalue weighted by Crippen LogP contribution is -2.40. The highest BCUT2D eigenvalue weighted by Gasteiger charge is 2.38. The van der Waals surface area contributed by atoms with Crippen LogP contribution in [0.25, 0.3) is 10.2 Å². The highest BCUT2D eigenvalue weighted by atomic mass is 32.2. The number of amides is 1. The molecule has 8 nitrogen and oxygen atoms in total. The van der Waals surface area contributed by atoms with Crippen LogP contribution in [0.3, 0.4) is 0 Å². The van der Waals surface area contributed by atoms with E-state index in [0.717, 1.165) is 28.9 Å². The van der Waals surface area contributed by atoms with Crippen molar-refractivity contribution in [2.75, 3.05) is 23.4 Å². The van der Waals surface area contributed by atoms with E-state index < -0.39 is 24.7 Å². The van der Waals surface area contributed by atoms with Crippen LogP contribution in [0.15, 0.2) is 35.5 Å². The van der Waals surface area contributed by atoms with E-state index >= 15 is 0 Å². The van der Waals surface area contributed by atoms with E-state index in [-0.39, 0.29) is 17.6 Å². The standard InChI is InChI=1S/C21H23F3N6O2S2/c1-33-14-8-26-19(27-9-14)28-12-3-4-13(7-12)29-20-30-15-5-2-11(6-16(15)34-20)18(32)25-10-17(31)21(22,23)24/h2,5-6,8-9,12-13,17,31H,3-4,7,10H2,1H3,(H,25,32)(H,29,30)(H,26,27,28)/t12-,13-,17?/m0/s1. The average molecular weight is 513 g/mol. The van der Waals surface area contributed by atoms with Crippen molar-refractivity contribution in [1.82, 2.24) is 20.3 Å². The van der Waals surface area contributed by atoms with Crippen molar-refractivity contribution in [3.8, 4) is 0 Å². The zero-order chi connectivity index (χ0) is 24.3. The number of nitrogens with zero attached hydrogens (tertiary/aromatic N) is 3. The van der Waals surface area contributed by atoms with Gasteiger partial charge in [0.15, 0.2) is 11.2 Å². The highest BCUT2D eigenvalue weighted by Crippen LogP contribution is 2.31. The van der Waals surface area contributed by atoms with E-state index in [0.29, 0.717) is 16.6 Å². The van der Waals surface area contributed by atoms with Crippen LogP contribution in [0.4, 0.5) is 24.3 Å². The van der Waals surface area contributed by atoms with Gasteiger partial charge >= 0.3 is 6.18 Å². The zero-order valence-electron chi connectivity index (χ0n) is 18.1. The van der Waals surface area contributed by atoms with Gasteiger partial charge in [0.2, 0.25) is 5.95 Å². The van der Waals surface area contributed by atoms with E-state index in [1.807, 2.05) is 6.26 Å². The lowest BCUT2D eigenvalue weighted by molar-refractivity contribution is -0.201. The summed E-state index contributed by atoms with van der Waals surface area (Å²) < 4.78 is 38.0. The number of carbonyl (C=O) groups excluding carboxylic acids is 1. The topological polar surface area (TPSA) is 112 Å². The average Bonchev–Trinajstić information content (AvgIpc) is 3.42. The van der Waals surface area contributed by atoms with Crippen molar-refractivity contribution in [3.05, 3.63) is 36.2 Å². The van der Waals surface area contributed by atoms with Gasteiger partial charge in [-0.3, -0.25) is 4.79 Å². The summed E-state index contributed by atoms with van der Waals surface area (Å²) in [5.74, 6) is -0.0809. The normalized spacial score (nSPS) is 19.2. The summed E-state index contributed by atoms with van der Waals surface area (Å²) in [6, 6.07) is 5.20. The van der Waals surface area contributed by atoms with Gasteiger partial charge in [0, 0.05) is 34.9 Å². The second-order valence-corrected chi connectivity index (χ2v) is 9.82. The molecule has 0 bridgehead atoms. The zero-order valence-corrected chi connectivity index (χ0v) is 19.7. The van der Waals surface area contributed by atoms with Gasteiger partial charge in [-0.15, -0.1) is 11.8 Å². The Bertz CT molecular complexity index is 1140. The Kier molecular flexibility index (Phi) is 7.43. The van der Waals surface area contributed by atoms with Crippen molar-refractivity contribution in [2.24, 2.45) is 0 Å². The summed E-state index contributed by atoms with van der Waals surface area (Å²) >= 11 is 2.96. The molecule has 13 heteroatoms. The molecule has 0 saturated heterocycles. The summed E-state index contributed by atoms with van der Waals surface area (Å²) in [7, 11) is 0. The summed E-state index contributed by atoms with van der Waals surface area (Å²) in [6.07, 6.45) is 0.952. The molecule has 1 amide bonds. The number of hydrogen-bond donors (Lipinski definition) is 4. The molecule has 182 valence electrons. The molecule has 0 radical (unpaired) electrons. The molecule has 34 heavy (non-hydrogen) atoms. The fraction of sp³-hybridized carbons (Fsp3) is 0.429. The third-order valence-electron chi connectivity index (χ3n) is 5.44. The van der Waals surface area contributed by atoms with Crippen LogP contribution < -0.4 is 16.0 Å². The summed E-state index contributed by atoms with van der Waals surface area (Å²) in [5.41, 5.74) is 0.893. The van der Waals surface area contributed by atoms with Crippen LogP contribution in [-0.4, -0.2) is 63.1 Å². The lowest BCUT2D eigenvalue weighted by atomic mass is 10.2. The fourth-order valence-electron chi connectivity index (χ4n) is 3.63. The molecule has 1 saturated carbocycles. The predicted molar refractivity (Wildman–Crippen MR) is 127 cm³/mol. The van der Waals surface area contributed by atoms with Crippen molar-refractivity contribution in [3.63, 3.8) is 0 Å². The van der Waals surface area contributed by atoms with Crippen molar-refractivity contribution < 1.29 is 23.1 Å². The summed E-state index contributed by atoms with van der Waals surface area (Å²) in [5, 5.41) is 18.7. The number of thiazole rings is 1. The number of anilines is 2. The molecule has 0 aliphatic heterocycles.